The minimum atomic E-state index is -0.390. The van der Waals surface area contributed by atoms with E-state index in [1.807, 2.05) is 0 Å². The van der Waals surface area contributed by atoms with E-state index in [1.54, 1.807) is 31.5 Å². The topological polar surface area (TPSA) is 78.9 Å². The molecule has 0 aliphatic heterocycles. The van der Waals surface area contributed by atoms with E-state index in [2.05, 4.69) is 10.3 Å². The molecule has 0 aliphatic carbocycles. The number of anilines is 1. The second kappa shape index (κ2) is 8.66. The number of thiocarbonyl (C=S) groups is 1. The van der Waals surface area contributed by atoms with Crippen LogP contribution in [0.3, 0.4) is 0 Å². The number of hydrogen-bond acceptors (Lipinski definition) is 4. The third kappa shape index (κ3) is 6.61. The molecule has 2 amide bonds. The van der Waals surface area contributed by atoms with Crippen LogP contribution in [0.4, 0.5) is 5.82 Å². The summed E-state index contributed by atoms with van der Waals surface area (Å²) in [6.07, 6.45) is 2.53. The van der Waals surface area contributed by atoms with Gasteiger partial charge in [-0.25, -0.2) is 4.98 Å². The number of carbonyl (C=O) groups is 2. The summed E-state index contributed by atoms with van der Waals surface area (Å²) >= 11 is 10.7. The average molecular weight is 330 g/mol. The van der Waals surface area contributed by atoms with Crippen molar-refractivity contribution in [1.29, 1.82) is 0 Å². The van der Waals surface area contributed by atoms with E-state index in [4.69, 9.17) is 23.8 Å². The monoisotopic (exact) mass is 329 g/mol. The van der Waals surface area contributed by atoms with Gasteiger partial charge < -0.3 is 10.2 Å². The predicted molar refractivity (Wildman–Crippen MR) is 85.2 cm³/mol. The SMILES string of the molecule is CN(C)C(=O)CCC[NH2+]C(=S)C(=O)Nc1ccc(Cl)cn1. The Hall–Kier alpha value is -1.57. The lowest BCUT2D eigenvalue weighted by Gasteiger charge is -2.09. The van der Waals surface area contributed by atoms with Crippen molar-refractivity contribution in [3.63, 3.8) is 0 Å². The summed E-state index contributed by atoms with van der Waals surface area (Å²) < 4.78 is 0. The summed E-state index contributed by atoms with van der Waals surface area (Å²) in [7, 11) is 3.42. The Bertz CT molecular complexity index is 519. The first kappa shape index (κ1) is 17.5. The summed E-state index contributed by atoms with van der Waals surface area (Å²) in [5.41, 5.74) is 0. The summed E-state index contributed by atoms with van der Waals surface area (Å²) in [6, 6.07) is 3.22. The quantitative estimate of drug-likeness (QED) is 0.606. The lowest BCUT2D eigenvalue weighted by Crippen LogP contribution is -2.89. The smallest absolute Gasteiger partial charge is 0.322 e. The van der Waals surface area contributed by atoms with E-state index < -0.39 is 5.91 Å². The van der Waals surface area contributed by atoms with Gasteiger partial charge in [-0.15, -0.1) is 0 Å². The molecule has 1 heterocycles. The molecule has 1 aromatic rings. The van der Waals surface area contributed by atoms with Gasteiger partial charge in [0.1, 0.15) is 5.82 Å². The summed E-state index contributed by atoms with van der Waals surface area (Å²) in [5, 5.41) is 4.72. The third-order valence-electron chi connectivity index (χ3n) is 2.62. The molecule has 0 bridgehead atoms. The van der Waals surface area contributed by atoms with Crippen LogP contribution in [0.1, 0.15) is 12.8 Å². The van der Waals surface area contributed by atoms with Gasteiger partial charge >= 0.3 is 5.91 Å². The number of nitrogens with two attached hydrogens (primary N) is 1. The number of hydrogen-bond donors (Lipinski definition) is 2. The number of pyridine rings is 1. The van der Waals surface area contributed by atoms with Crippen LogP contribution in [0.5, 0.6) is 0 Å². The van der Waals surface area contributed by atoms with E-state index in [0.717, 1.165) is 0 Å². The standard InChI is InChI=1S/C13H17ClN4O2S/c1-18(2)11(19)4-3-7-15-13(21)12(20)17-10-6-5-9(14)8-16-10/h5-6,8H,3-4,7H2,1-2H3,(H,15,21)(H,16,17,20)/p+1. The largest absolute Gasteiger partial charge is 0.349 e. The number of nitrogens with one attached hydrogen (secondary N) is 1. The minimum absolute atomic E-state index is 0.0594. The number of quaternary nitrogens is 1. The number of halogens is 1. The summed E-state index contributed by atoms with van der Waals surface area (Å²) in [5.74, 6) is 0.0610. The van der Waals surface area contributed by atoms with Crippen LogP contribution in [-0.2, 0) is 9.59 Å². The maximum absolute atomic E-state index is 11.8. The van der Waals surface area contributed by atoms with Gasteiger partial charge in [0.15, 0.2) is 0 Å². The number of aromatic nitrogens is 1. The van der Waals surface area contributed by atoms with Crippen molar-refractivity contribution >= 4 is 46.4 Å². The molecule has 0 radical (unpaired) electrons. The van der Waals surface area contributed by atoms with Gasteiger partial charge in [-0.2, -0.15) is 0 Å². The van der Waals surface area contributed by atoms with Crippen LogP contribution >= 0.6 is 23.8 Å². The normalized spacial score (nSPS) is 10.0. The maximum Gasteiger partial charge on any atom is 0.322 e. The Labute approximate surface area is 133 Å². The van der Waals surface area contributed by atoms with Crippen molar-refractivity contribution in [2.24, 2.45) is 0 Å². The first-order valence-corrected chi connectivity index (χ1v) is 7.19. The Kier molecular flexibility index (Phi) is 7.21. The van der Waals surface area contributed by atoms with E-state index in [9.17, 15) is 9.59 Å². The average Bonchev–Trinajstić information content (AvgIpc) is 2.45. The van der Waals surface area contributed by atoms with Crippen LogP contribution in [-0.4, -0.2) is 47.3 Å². The highest BCUT2D eigenvalue weighted by atomic mass is 35.5. The zero-order valence-electron chi connectivity index (χ0n) is 11.9. The van der Waals surface area contributed by atoms with Crippen molar-refractivity contribution in [2.45, 2.75) is 12.8 Å². The van der Waals surface area contributed by atoms with E-state index in [-0.39, 0.29) is 10.9 Å². The van der Waals surface area contributed by atoms with Crippen molar-refractivity contribution < 1.29 is 14.9 Å². The Balaban J connectivity index is 2.30. The van der Waals surface area contributed by atoms with E-state index in [1.165, 1.54) is 11.1 Å². The Morgan fingerprint density at radius 2 is 2.14 bits per heavy atom. The zero-order chi connectivity index (χ0) is 15.8. The second-order valence-corrected chi connectivity index (χ2v) is 5.44. The van der Waals surface area contributed by atoms with E-state index in [0.29, 0.717) is 30.2 Å². The van der Waals surface area contributed by atoms with Crippen LogP contribution in [0.15, 0.2) is 18.3 Å². The number of nitrogens with zero attached hydrogens (tertiary/aromatic N) is 2. The van der Waals surface area contributed by atoms with Crippen LogP contribution in [0.2, 0.25) is 5.02 Å². The summed E-state index contributed by atoms with van der Waals surface area (Å²) in [4.78, 5) is 28.8. The molecule has 21 heavy (non-hydrogen) atoms. The Morgan fingerprint density at radius 3 is 2.71 bits per heavy atom. The van der Waals surface area contributed by atoms with Crippen LogP contribution < -0.4 is 10.6 Å². The number of rotatable bonds is 5. The fraction of sp³-hybridized carbons (Fsp3) is 0.385. The third-order valence-corrected chi connectivity index (χ3v) is 3.19. The fourth-order valence-corrected chi connectivity index (χ4v) is 1.71. The lowest BCUT2D eigenvalue weighted by molar-refractivity contribution is -0.534. The molecule has 8 heteroatoms. The molecule has 3 N–H and O–H groups in total. The van der Waals surface area contributed by atoms with Crippen molar-refractivity contribution in [3.05, 3.63) is 23.4 Å². The minimum Gasteiger partial charge on any atom is -0.349 e. The first-order chi connectivity index (χ1) is 9.90. The van der Waals surface area contributed by atoms with Gasteiger partial charge in [0.05, 0.1) is 11.6 Å². The van der Waals surface area contributed by atoms with Gasteiger partial charge in [0.25, 0.3) is 4.99 Å². The van der Waals surface area contributed by atoms with Crippen LogP contribution in [0, 0.1) is 0 Å². The lowest BCUT2D eigenvalue weighted by atomic mass is 10.3. The molecule has 1 rings (SSSR count). The van der Waals surface area contributed by atoms with Crippen LogP contribution in [0.25, 0.3) is 0 Å². The maximum atomic E-state index is 11.8. The highest BCUT2D eigenvalue weighted by Crippen LogP contribution is 2.09. The molecular formula is C13H18ClN4O2S+. The highest BCUT2D eigenvalue weighted by molar-refractivity contribution is 7.81. The highest BCUT2D eigenvalue weighted by Gasteiger charge is 2.14. The van der Waals surface area contributed by atoms with Crippen molar-refractivity contribution in [1.82, 2.24) is 9.88 Å². The molecule has 0 atom stereocenters. The molecule has 6 nitrogen and oxygen atoms in total. The van der Waals surface area contributed by atoms with Gasteiger partial charge in [0, 0.05) is 33.1 Å². The fourth-order valence-electron chi connectivity index (χ4n) is 1.43. The second-order valence-electron chi connectivity index (χ2n) is 4.56. The molecular weight excluding hydrogens is 312 g/mol. The predicted octanol–water partition coefficient (Wildman–Crippen LogP) is 0.433. The molecule has 0 aromatic carbocycles. The van der Waals surface area contributed by atoms with Gasteiger partial charge in [-0.3, -0.25) is 14.9 Å². The Morgan fingerprint density at radius 1 is 1.43 bits per heavy atom. The molecule has 114 valence electrons. The molecule has 1 aromatic heterocycles. The molecule has 0 saturated heterocycles. The summed E-state index contributed by atoms with van der Waals surface area (Å²) in [6.45, 7) is 0.583. The van der Waals surface area contributed by atoms with E-state index >= 15 is 0 Å². The number of amides is 2. The van der Waals surface area contributed by atoms with Gasteiger partial charge in [0.2, 0.25) is 5.91 Å². The molecule has 0 fully saturated rings. The van der Waals surface area contributed by atoms with Crippen molar-refractivity contribution in [2.75, 3.05) is 26.0 Å². The molecule has 0 aliphatic rings. The zero-order valence-corrected chi connectivity index (χ0v) is 13.5. The van der Waals surface area contributed by atoms with Gasteiger partial charge in [-0.1, -0.05) is 11.6 Å². The molecule has 0 spiro atoms. The number of carbonyl (C=O) groups excluding carboxylic acids is 2. The molecule has 0 saturated carbocycles. The van der Waals surface area contributed by atoms with Crippen molar-refractivity contribution in [3.8, 4) is 0 Å². The first-order valence-electron chi connectivity index (χ1n) is 6.40. The van der Waals surface area contributed by atoms with Gasteiger partial charge in [-0.05, 0) is 24.4 Å². The molecule has 0 unspecified atom stereocenters.